The second-order valence-electron chi connectivity index (χ2n) is 3.40. The fourth-order valence-corrected chi connectivity index (χ4v) is 3.62. The van der Waals surface area contributed by atoms with Gasteiger partial charge in [0.2, 0.25) is 0 Å². The molecule has 0 radical (unpaired) electrons. The highest BCUT2D eigenvalue weighted by Crippen LogP contribution is 2.36. The van der Waals surface area contributed by atoms with E-state index in [9.17, 15) is 17.6 Å². The van der Waals surface area contributed by atoms with Gasteiger partial charge in [0.05, 0.1) is 0 Å². The molecule has 0 aliphatic carbocycles. The third kappa shape index (κ3) is 2.54. The summed E-state index contributed by atoms with van der Waals surface area (Å²) in [5.74, 6) is -5.98. The molecule has 0 heterocycles. The van der Waals surface area contributed by atoms with Crippen molar-refractivity contribution in [3.05, 3.63) is 29.3 Å². The molecule has 1 atom stereocenters. The van der Waals surface area contributed by atoms with Gasteiger partial charge >= 0.3 is 0 Å². The van der Waals surface area contributed by atoms with Gasteiger partial charge in [-0.2, -0.15) is 0 Å². The monoisotopic (exact) mass is 252 g/mol. The molecule has 1 aromatic carbocycles. The Hall–Kier alpha value is -0.630. The van der Waals surface area contributed by atoms with Gasteiger partial charge in [0.25, 0.3) is 0 Å². The lowest BCUT2D eigenvalue weighted by Crippen LogP contribution is -2.15. The van der Waals surface area contributed by atoms with Crippen molar-refractivity contribution >= 4 is 13.2 Å². The Morgan fingerprint density at radius 2 is 1.62 bits per heavy atom. The number of halogens is 4. The largest absolute Gasteiger partial charge is 0.204 e. The molecule has 0 N–H and O–H groups in total. The van der Waals surface area contributed by atoms with Crippen molar-refractivity contribution in [2.75, 3.05) is 12.3 Å². The van der Waals surface area contributed by atoms with Crippen LogP contribution >= 0.6 is 7.92 Å². The van der Waals surface area contributed by atoms with Crippen molar-refractivity contribution in [1.29, 1.82) is 0 Å². The summed E-state index contributed by atoms with van der Waals surface area (Å²) in [5.41, 5.74) is 0. The molecule has 0 saturated heterocycles. The Kier molecular flexibility index (Phi) is 4.72. The lowest BCUT2D eigenvalue weighted by molar-refractivity contribution is 0.412. The van der Waals surface area contributed by atoms with Crippen molar-refractivity contribution in [3.8, 4) is 0 Å². The third-order valence-electron chi connectivity index (χ3n) is 2.30. The van der Waals surface area contributed by atoms with Gasteiger partial charge in [-0.05, 0) is 18.4 Å². The highest BCUT2D eigenvalue weighted by Gasteiger charge is 2.22. The Balaban J connectivity index is 3.22. The zero-order chi connectivity index (χ0) is 12.3. The topological polar surface area (TPSA) is 0 Å². The summed E-state index contributed by atoms with van der Waals surface area (Å²) in [7, 11) is -0.941. The van der Waals surface area contributed by atoms with E-state index in [1.807, 2.05) is 13.8 Å². The van der Waals surface area contributed by atoms with Crippen LogP contribution in [0.4, 0.5) is 17.6 Å². The summed E-state index contributed by atoms with van der Waals surface area (Å²) in [4.78, 5) is 0. The first kappa shape index (κ1) is 13.4. The normalized spacial score (nSPS) is 12.9. The first-order valence-corrected chi connectivity index (χ1v) is 6.82. The number of benzene rings is 1. The van der Waals surface area contributed by atoms with Crippen molar-refractivity contribution in [2.24, 2.45) is 0 Å². The molecule has 0 spiro atoms. The average Bonchev–Trinajstić information content (AvgIpc) is 2.28. The molecular weight excluding hydrogens is 239 g/mol. The van der Waals surface area contributed by atoms with Crippen LogP contribution in [-0.4, -0.2) is 12.3 Å². The van der Waals surface area contributed by atoms with Crippen molar-refractivity contribution in [3.63, 3.8) is 0 Å². The second-order valence-corrected chi connectivity index (χ2v) is 6.04. The molecule has 1 unspecified atom stereocenters. The summed E-state index contributed by atoms with van der Waals surface area (Å²) < 4.78 is 52.2. The molecule has 0 aliphatic rings. The van der Waals surface area contributed by atoms with Crippen molar-refractivity contribution in [1.82, 2.24) is 0 Å². The molecule has 0 aromatic heterocycles. The van der Waals surface area contributed by atoms with Gasteiger partial charge in [-0.3, -0.25) is 0 Å². The molecule has 16 heavy (non-hydrogen) atoms. The summed E-state index contributed by atoms with van der Waals surface area (Å²) in [6.07, 6.45) is 2.12. The minimum atomic E-state index is -1.73. The van der Waals surface area contributed by atoms with Gasteiger partial charge in [-0.15, -0.1) is 0 Å². The smallest absolute Gasteiger partial charge is 0.198 e. The molecule has 0 aliphatic heterocycles. The molecular formula is C11H13F4P. The highest BCUT2D eigenvalue weighted by atomic mass is 31.1. The van der Waals surface area contributed by atoms with E-state index >= 15 is 0 Å². The van der Waals surface area contributed by atoms with Crippen molar-refractivity contribution < 1.29 is 17.6 Å². The minimum absolute atomic E-state index is 0.00394. The SMILES string of the molecule is CCCP(CC)c1cc(F)c(F)c(F)c1F. The molecule has 0 nitrogen and oxygen atoms in total. The van der Waals surface area contributed by atoms with E-state index in [0.29, 0.717) is 12.3 Å². The second kappa shape index (κ2) is 5.62. The van der Waals surface area contributed by atoms with Crippen LogP contribution in [0, 0.1) is 23.3 Å². The maximum Gasteiger partial charge on any atom is 0.198 e. The molecule has 5 heteroatoms. The van der Waals surface area contributed by atoms with E-state index < -0.39 is 31.2 Å². The lowest BCUT2D eigenvalue weighted by atomic mass is 10.3. The van der Waals surface area contributed by atoms with E-state index in [-0.39, 0.29) is 5.30 Å². The van der Waals surface area contributed by atoms with Crippen LogP contribution < -0.4 is 5.30 Å². The van der Waals surface area contributed by atoms with Crippen LogP contribution in [0.25, 0.3) is 0 Å². The van der Waals surface area contributed by atoms with Gasteiger partial charge in [0.1, 0.15) is 0 Å². The molecule has 1 aromatic rings. The van der Waals surface area contributed by atoms with E-state index in [0.717, 1.165) is 12.5 Å². The molecule has 0 fully saturated rings. The summed E-state index contributed by atoms with van der Waals surface area (Å²) in [6.45, 7) is 3.75. The minimum Gasteiger partial charge on any atom is -0.204 e. The van der Waals surface area contributed by atoms with E-state index in [2.05, 4.69) is 0 Å². The van der Waals surface area contributed by atoms with Crippen LogP contribution in [-0.2, 0) is 0 Å². The Morgan fingerprint density at radius 3 is 2.12 bits per heavy atom. The fraction of sp³-hybridized carbons (Fsp3) is 0.455. The maximum absolute atomic E-state index is 13.4. The summed E-state index contributed by atoms with van der Waals surface area (Å²) in [6, 6.07) is 0.790. The molecule has 0 saturated carbocycles. The zero-order valence-electron chi connectivity index (χ0n) is 9.16. The van der Waals surface area contributed by atoms with E-state index in [4.69, 9.17) is 0 Å². The molecule has 1 rings (SSSR count). The average molecular weight is 252 g/mol. The maximum atomic E-state index is 13.4. The Labute approximate surface area is 93.4 Å². The number of hydrogen-bond donors (Lipinski definition) is 0. The third-order valence-corrected chi connectivity index (χ3v) is 5.06. The fourth-order valence-electron chi connectivity index (χ4n) is 1.51. The van der Waals surface area contributed by atoms with Gasteiger partial charge in [0.15, 0.2) is 23.3 Å². The first-order valence-electron chi connectivity index (χ1n) is 5.10. The Bertz CT molecular complexity index is 379. The molecule has 90 valence electrons. The van der Waals surface area contributed by atoms with Crippen LogP contribution in [0.3, 0.4) is 0 Å². The standard InChI is InChI=1S/C11H13F4P/c1-3-5-16(4-2)8-6-7(12)9(13)11(15)10(8)14/h6H,3-5H2,1-2H3. The zero-order valence-corrected chi connectivity index (χ0v) is 10.1. The summed E-state index contributed by atoms with van der Waals surface area (Å²) >= 11 is 0. The molecule has 0 amide bonds. The highest BCUT2D eigenvalue weighted by molar-refractivity contribution is 7.65. The van der Waals surface area contributed by atoms with Crippen LogP contribution in [0.1, 0.15) is 20.3 Å². The van der Waals surface area contributed by atoms with Crippen LogP contribution in [0.5, 0.6) is 0 Å². The van der Waals surface area contributed by atoms with Crippen LogP contribution in [0.2, 0.25) is 0 Å². The first-order chi connectivity index (χ1) is 7.52. The van der Waals surface area contributed by atoms with E-state index in [1.165, 1.54) is 0 Å². The predicted octanol–water partition coefficient (Wildman–Crippen LogP) is 3.78. The van der Waals surface area contributed by atoms with Gasteiger partial charge in [0, 0.05) is 5.30 Å². The van der Waals surface area contributed by atoms with Crippen LogP contribution in [0.15, 0.2) is 6.07 Å². The van der Waals surface area contributed by atoms with Gasteiger partial charge in [-0.25, -0.2) is 17.6 Å². The van der Waals surface area contributed by atoms with Crippen molar-refractivity contribution in [2.45, 2.75) is 20.3 Å². The number of rotatable bonds is 4. The Morgan fingerprint density at radius 1 is 1.00 bits per heavy atom. The quantitative estimate of drug-likeness (QED) is 0.331. The van der Waals surface area contributed by atoms with E-state index in [1.54, 1.807) is 0 Å². The summed E-state index contributed by atoms with van der Waals surface area (Å²) in [5, 5.41) is -0.00394. The van der Waals surface area contributed by atoms with Gasteiger partial charge in [-0.1, -0.05) is 28.2 Å². The lowest BCUT2D eigenvalue weighted by Gasteiger charge is -2.16. The van der Waals surface area contributed by atoms with Gasteiger partial charge < -0.3 is 0 Å². The number of hydrogen-bond acceptors (Lipinski definition) is 0. The predicted molar refractivity (Wildman–Crippen MR) is 58.5 cm³/mol. The molecule has 0 bridgehead atoms.